The predicted octanol–water partition coefficient (Wildman–Crippen LogP) is 1.62. The molecule has 0 radical (unpaired) electrons. The second-order valence-corrected chi connectivity index (χ2v) is 5.38. The molecule has 5 nitrogen and oxygen atoms in total. The van der Waals surface area contributed by atoms with Crippen molar-refractivity contribution in [2.45, 2.75) is 19.4 Å². The highest BCUT2D eigenvalue weighted by atomic mass is 16.5. The fourth-order valence-corrected chi connectivity index (χ4v) is 2.42. The molecule has 5 heteroatoms. The van der Waals surface area contributed by atoms with E-state index in [4.69, 9.17) is 9.84 Å². The highest BCUT2D eigenvalue weighted by Gasteiger charge is 2.21. The molecule has 0 bridgehead atoms. The topological polar surface area (TPSA) is 61.8 Å². The quantitative estimate of drug-likeness (QED) is 0.783. The smallest absolute Gasteiger partial charge is 0.317 e. The van der Waals surface area contributed by atoms with E-state index in [-0.39, 0.29) is 12.6 Å². The lowest BCUT2D eigenvalue weighted by molar-refractivity contribution is 0.116. The summed E-state index contributed by atoms with van der Waals surface area (Å²) < 4.78 is 5.53. The van der Waals surface area contributed by atoms with Gasteiger partial charge in [-0.1, -0.05) is 30.3 Å². The van der Waals surface area contributed by atoms with Crippen molar-refractivity contribution in [3.63, 3.8) is 0 Å². The molecule has 1 aliphatic rings. The Labute approximate surface area is 125 Å². The normalized spacial score (nSPS) is 16.0. The first kappa shape index (κ1) is 15.8. The van der Waals surface area contributed by atoms with Crippen LogP contribution in [0.3, 0.4) is 0 Å². The lowest BCUT2D eigenvalue weighted by atomic mass is 9.98. The van der Waals surface area contributed by atoms with Gasteiger partial charge in [0.2, 0.25) is 0 Å². The van der Waals surface area contributed by atoms with E-state index in [1.54, 1.807) is 0 Å². The SMILES string of the molecule is O=C(NCCOCc1ccccc1)N1CCC(CO)CC1. The zero-order valence-corrected chi connectivity index (χ0v) is 12.3. The molecular formula is C16H24N2O3. The van der Waals surface area contributed by atoms with E-state index in [9.17, 15) is 4.79 Å². The summed E-state index contributed by atoms with van der Waals surface area (Å²) >= 11 is 0. The summed E-state index contributed by atoms with van der Waals surface area (Å²) in [6.07, 6.45) is 1.77. The van der Waals surface area contributed by atoms with Crippen molar-refractivity contribution in [1.29, 1.82) is 0 Å². The number of ether oxygens (including phenoxy) is 1. The average Bonchev–Trinajstić information content (AvgIpc) is 2.55. The molecule has 0 spiro atoms. The van der Waals surface area contributed by atoms with Crippen molar-refractivity contribution in [3.8, 4) is 0 Å². The van der Waals surface area contributed by atoms with Gasteiger partial charge in [0.05, 0.1) is 13.2 Å². The molecule has 1 aromatic carbocycles. The van der Waals surface area contributed by atoms with Gasteiger partial charge in [0.15, 0.2) is 0 Å². The molecule has 2 rings (SSSR count). The molecule has 1 fully saturated rings. The van der Waals surface area contributed by atoms with E-state index in [0.717, 1.165) is 31.5 Å². The lowest BCUT2D eigenvalue weighted by Crippen LogP contribution is -2.45. The van der Waals surface area contributed by atoms with Gasteiger partial charge >= 0.3 is 6.03 Å². The Kier molecular flexibility index (Phi) is 6.50. The maximum Gasteiger partial charge on any atom is 0.317 e. The summed E-state index contributed by atoms with van der Waals surface area (Å²) in [6.45, 7) is 3.27. The molecule has 116 valence electrons. The highest BCUT2D eigenvalue weighted by Crippen LogP contribution is 2.15. The molecule has 1 aromatic rings. The van der Waals surface area contributed by atoms with Crippen molar-refractivity contribution in [2.24, 2.45) is 5.92 Å². The second-order valence-electron chi connectivity index (χ2n) is 5.38. The number of nitrogens with zero attached hydrogens (tertiary/aromatic N) is 1. The monoisotopic (exact) mass is 292 g/mol. The zero-order valence-electron chi connectivity index (χ0n) is 12.3. The van der Waals surface area contributed by atoms with E-state index in [1.807, 2.05) is 35.2 Å². The van der Waals surface area contributed by atoms with Crippen LogP contribution in [0.15, 0.2) is 30.3 Å². The number of hydrogen-bond donors (Lipinski definition) is 2. The van der Waals surface area contributed by atoms with Gasteiger partial charge in [0.1, 0.15) is 0 Å². The molecule has 0 unspecified atom stereocenters. The van der Waals surface area contributed by atoms with Crippen molar-refractivity contribution in [2.75, 3.05) is 32.8 Å². The molecule has 0 aromatic heterocycles. The van der Waals surface area contributed by atoms with E-state index in [1.165, 1.54) is 0 Å². The minimum absolute atomic E-state index is 0.0327. The van der Waals surface area contributed by atoms with Gasteiger partial charge in [-0.25, -0.2) is 4.79 Å². The number of aliphatic hydroxyl groups excluding tert-OH is 1. The number of amides is 2. The molecule has 1 aliphatic heterocycles. The minimum atomic E-state index is -0.0327. The van der Waals surface area contributed by atoms with E-state index < -0.39 is 0 Å². The first-order chi connectivity index (χ1) is 10.3. The fourth-order valence-electron chi connectivity index (χ4n) is 2.42. The standard InChI is InChI=1S/C16H24N2O3/c19-12-14-6-9-18(10-7-14)16(20)17-8-11-21-13-15-4-2-1-3-5-15/h1-5,14,19H,6-13H2,(H,17,20). The van der Waals surface area contributed by atoms with Crippen molar-refractivity contribution in [3.05, 3.63) is 35.9 Å². The fraction of sp³-hybridized carbons (Fsp3) is 0.562. The van der Waals surface area contributed by atoms with Gasteiger partial charge < -0.3 is 20.1 Å². The first-order valence-corrected chi connectivity index (χ1v) is 7.55. The van der Waals surface area contributed by atoms with Gasteiger partial charge in [-0.3, -0.25) is 0 Å². The molecule has 0 atom stereocenters. The van der Waals surface area contributed by atoms with E-state index in [0.29, 0.717) is 25.7 Å². The number of benzene rings is 1. The molecule has 21 heavy (non-hydrogen) atoms. The number of nitrogens with one attached hydrogen (secondary N) is 1. The second kappa shape index (κ2) is 8.64. The average molecular weight is 292 g/mol. The Morgan fingerprint density at radius 2 is 2.00 bits per heavy atom. The lowest BCUT2D eigenvalue weighted by Gasteiger charge is -2.31. The first-order valence-electron chi connectivity index (χ1n) is 7.55. The van der Waals surface area contributed by atoms with Crippen molar-refractivity contribution in [1.82, 2.24) is 10.2 Å². The van der Waals surface area contributed by atoms with Crippen LogP contribution in [0.25, 0.3) is 0 Å². The summed E-state index contributed by atoms with van der Waals surface area (Å²) in [6, 6.07) is 9.94. The molecule has 0 saturated carbocycles. The Hall–Kier alpha value is -1.59. The number of carbonyl (C=O) groups is 1. The van der Waals surface area contributed by atoms with Gasteiger partial charge in [-0.2, -0.15) is 0 Å². The molecular weight excluding hydrogens is 268 g/mol. The third-order valence-electron chi connectivity index (χ3n) is 3.79. The number of urea groups is 1. The number of hydrogen-bond acceptors (Lipinski definition) is 3. The van der Waals surface area contributed by atoms with Gasteiger partial charge in [-0.15, -0.1) is 0 Å². The number of carbonyl (C=O) groups excluding carboxylic acids is 1. The Morgan fingerprint density at radius 1 is 1.29 bits per heavy atom. The number of piperidine rings is 1. The highest BCUT2D eigenvalue weighted by molar-refractivity contribution is 5.74. The summed E-state index contributed by atoms with van der Waals surface area (Å²) in [5.41, 5.74) is 1.13. The molecule has 1 heterocycles. The Morgan fingerprint density at radius 3 is 2.67 bits per heavy atom. The van der Waals surface area contributed by atoms with Crippen LogP contribution in [0, 0.1) is 5.92 Å². The zero-order chi connectivity index (χ0) is 14.9. The van der Waals surface area contributed by atoms with Crippen LogP contribution in [0.1, 0.15) is 18.4 Å². The third-order valence-corrected chi connectivity index (χ3v) is 3.79. The molecule has 2 N–H and O–H groups in total. The summed E-state index contributed by atoms with van der Waals surface area (Å²) in [7, 11) is 0. The predicted molar refractivity (Wildman–Crippen MR) is 80.9 cm³/mol. The largest absolute Gasteiger partial charge is 0.396 e. The van der Waals surface area contributed by atoms with E-state index >= 15 is 0 Å². The van der Waals surface area contributed by atoms with Crippen LogP contribution in [-0.4, -0.2) is 48.9 Å². The molecule has 0 aliphatic carbocycles. The van der Waals surface area contributed by atoms with Crippen LogP contribution in [-0.2, 0) is 11.3 Å². The Balaban J connectivity index is 1.55. The summed E-state index contributed by atoms with van der Waals surface area (Å²) in [5.74, 6) is 0.350. The third kappa shape index (κ3) is 5.36. The van der Waals surface area contributed by atoms with Gasteiger partial charge in [-0.05, 0) is 24.3 Å². The summed E-state index contributed by atoms with van der Waals surface area (Å²) in [5, 5.41) is 11.9. The van der Waals surface area contributed by atoms with Crippen LogP contribution >= 0.6 is 0 Å². The Bertz CT molecular complexity index is 417. The van der Waals surface area contributed by atoms with E-state index in [2.05, 4.69) is 5.32 Å². The number of likely N-dealkylation sites (tertiary alicyclic amines) is 1. The number of rotatable bonds is 6. The number of aliphatic hydroxyl groups is 1. The maximum atomic E-state index is 11.9. The van der Waals surface area contributed by atoms with Crippen molar-refractivity contribution >= 4 is 6.03 Å². The van der Waals surface area contributed by atoms with Gasteiger partial charge in [0, 0.05) is 26.2 Å². The molecule has 1 saturated heterocycles. The summed E-state index contributed by atoms with van der Waals surface area (Å²) in [4.78, 5) is 13.7. The molecule has 2 amide bonds. The van der Waals surface area contributed by atoms with Crippen molar-refractivity contribution < 1.29 is 14.6 Å². The van der Waals surface area contributed by atoms with Crippen LogP contribution in [0.5, 0.6) is 0 Å². The van der Waals surface area contributed by atoms with Crippen LogP contribution < -0.4 is 5.32 Å². The minimum Gasteiger partial charge on any atom is -0.396 e. The maximum absolute atomic E-state index is 11.9. The van der Waals surface area contributed by atoms with Gasteiger partial charge in [0.25, 0.3) is 0 Å². The van der Waals surface area contributed by atoms with Crippen LogP contribution in [0.2, 0.25) is 0 Å². The van der Waals surface area contributed by atoms with Crippen LogP contribution in [0.4, 0.5) is 4.79 Å².